The molecule has 2 N–H and O–H groups in total. The van der Waals surface area contributed by atoms with Crippen molar-refractivity contribution < 1.29 is 5.11 Å². The van der Waals surface area contributed by atoms with Gasteiger partial charge in [0, 0.05) is 5.02 Å². The van der Waals surface area contributed by atoms with E-state index in [1.54, 1.807) is 0 Å². The molecule has 1 heterocycles. The maximum atomic E-state index is 10.4. The van der Waals surface area contributed by atoms with E-state index in [-0.39, 0.29) is 6.10 Å². The van der Waals surface area contributed by atoms with Crippen molar-refractivity contribution in [2.45, 2.75) is 25.9 Å². The summed E-state index contributed by atoms with van der Waals surface area (Å²) in [5.74, 6) is 0.917. The lowest BCUT2D eigenvalue weighted by Gasteiger charge is -2.31. The van der Waals surface area contributed by atoms with Crippen molar-refractivity contribution in [3.05, 3.63) is 34.9 Å². The highest BCUT2D eigenvalue weighted by Gasteiger charge is 2.26. The van der Waals surface area contributed by atoms with Crippen LogP contribution < -0.4 is 5.32 Å². The summed E-state index contributed by atoms with van der Waals surface area (Å²) in [6.07, 6.45) is 1.94. The molecule has 0 radical (unpaired) electrons. The Kier molecular flexibility index (Phi) is 4.43. The van der Waals surface area contributed by atoms with Crippen molar-refractivity contribution in [1.82, 2.24) is 5.32 Å². The molecule has 2 nitrogen and oxygen atoms in total. The van der Waals surface area contributed by atoms with E-state index in [0.717, 1.165) is 36.5 Å². The number of nitrogens with one attached hydrogen (secondary N) is 1. The van der Waals surface area contributed by atoms with E-state index in [1.807, 2.05) is 24.3 Å². The number of aliphatic hydroxyl groups excluding tert-OH is 1. The number of rotatable bonds is 3. The first kappa shape index (κ1) is 12.9. The molecule has 17 heavy (non-hydrogen) atoms. The molecular weight excluding hydrogens is 234 g/mol. The quantitative estimate of drug-likeness (QED) is 0.868. The van der Waals surface area contributed by atoms with Crippen LogP contribution in [0.3, 0.4) is 0 Å². The third kappa shape index (κ3) is 3.21. The third-order valence-electron chi connectivity index (χ3n) is 3.84. The van der Waals surface area contributed by atoms with Crippen LogP contribution in [0.1, 0.15) is 31.4 Å². The van der Waals surface area contributed by atoms with Crippen LogP contribution in [0.2, 0.25) is 5.02 Å². The predicted octanol–water partition coefficient (Wildman–Crippen LogP) is 3.01. The topological polar surface area (TPSA) is 32.3 Å². The Morgan fingerprint density at radius 3 is 2.41 bits per heavy atom. The zero-order valence-corrected chi connectivity index (χ0v) is 11.0. The second-order valence-electron chi connectivity index (χ2n) is 4.94. The van der Waals surface area contributed by atoms with E-state index in [0.29, 0.717) is 11.8 Å². The first-order chi connectivity index (χ1) is 8.18. The summed E-state index contributed by atoms with van der Waals surface area (Å²) in [5, 5.41) is 14.4. The number of aliphatic hydroxyl groups is 1. The van der Waals surface area contributed by atoms with Gasteiger partial charge in [-0.2, -0.15) is 0 Å². The largest absolute Gasteiger partial charge is 0.388 e. The fourth-order valence-corrected chi connectivity index (χ4v) is 2.72. The first-order valence-corrected chi connectivity index (χ1v) is 6.70. The molecule has 0 spiro atoms. The van der Waals surface area contributed by atoms with Gasteiger partial charge in [-0.15, -0.1) is 0 Å². The average molecular weight is 254 g/mol. The lowest BCUT2D eigenvalue weighted by atomic mass is 9.80. The van der Waals surface area contributed by atoms with E-state index in [2.05, 4.69) is 12.2 Å². The second kappa shape index (κ2) is 5.85. The van der Waals surface area contributed by atoms with Gasteiger partial charge in [-0.25, -0.2) is 0 Å². The molecule has 1 aromatic carbocycles. The Morgan fingerprint density at radius 2 is 1.82 bits per heavy atom. The van der Waals surface area contributed by atoms with Crippen LogP contribution in [0.4, 0.5) is 0 Å². The molecule has 1 saturated heterocycles. The Bertz CT molecular complexity index is 346. The van der Waals surface area contributed by atoms with E-state index >= 15 is 0 Å². The fraction of sp³-hybridized carbons (Fsp3) is 0.571. The van der Waals surface area contributed by atoms with Crippen molar-refractivity contribution in [3.8, 4) is 0 Å². The standard InChI is InChI=1S/C14H20ClNO/c1-10(11-6-8-16-9-7-11)14(17)12-2-4-13(15)5-3-12/h2-5,10-11,14,16-17H,6-9H2,1H3/t10-,14-/m0/s1. The van der Waals surface area contributed by atoms with Crippen LogP contribution in [-0.2, 0) is 0 Å². The molecule has 0 unspecified atom stereocenters. The Labute approximate surface area is 108 Å². The van der Waals surface area contributed by atoms with Crippen molar-refractivity contribution in [1.29, 1.82) is 0 Å². The minimum Gasteiger partial charge on any atom is -0.388 e. The van der Waals surface area contributed by atoms with Crippen molar-refractivity contribution in [2.24, 2.45) is 11.8 Å². The number of piperidine rings is 1. The monoisotopic (exact) mass is 253 g/mol. The van der Waals surface area contributed by atoms with Gasteiger partial charge < -0.3 is 10.4 Å². The minimum atomic E-state index is -0.379. The summed E-state index contributed by atoms with van der Waals surface area (Å²) in [6.45, 7) is 4.29. The van der Waals surface area contributed by atoms with Gasteiger partial charge in [0.05, 0.1) is 6.10 Å². The molecule has 2 atom stereocenters. The van der Waals surface area contributed by atoms with Crippen LogP contribution in [0, 0.1) is 11.8 Å². The third-order valence-corrected chi connectivity index (χ3v) is 4.09. The van der Waals surface area contributed by atoms with Gasteiger partial charge in [0.1, 0.15) is 0 Å². The molecule has 2 rings (SSSR count). The molecular formula is C14H20ClNO. The first-order valence-electron chi connectivity index (χ1n) is 6.32. The van der Waals surface area contributed by atoms with Gasteiger partial charge in [0.15, 0.2) is 0 Å². The molecule has 0 amide bonds. The van der Waals surface area contributed by atoms with E-state index in [1.165, 1.54) is 0 Å². The molecule has 0 saturated carbocycles. The smallest absolute Gasteiger partial charge is 0.0818 e. The van der Waals surface area contributed by atoms with Crippen LogP contribution in [0.15, 0.2) is 24.3 Å². The second-order valence-corrected chi connectivity index (χ2v) is 5.38. The molecule has 0 aliphatic carbocycles. The predicted molar refractivity (Wildman–Crippen MR) is 71.2 cm³/mol. The van der Waals surface area contributed by atoms with Gasteiger partial charge in [-0.05, 0) is 55.5 Å². The molecule has 3 heteroatoms. The molecule has 1 aliphatic rings. The number of hydrogen-bond acceptors (Lipinski definition) is 2. The number of benzene rings is 1. The minimum absolute atomic E-state index is 0.304. The maximum absolute atomic E-state index is 10.4. The zero-order valence-electron chi connectivity index (χ0n) is 10.2. The summed E-state index contributed by atoms with van der Waals surface area (Å²) in [6, 6.07) is 7.53. The highest BCUT2D eigenvalue weighted by Crippen LogP contribution is 2.32. The van der Waals surface area contributed by atoms with Crippen molar-refractivity contribution in [2.75, 3.05) is 13.1 Å². The van der Waals surface area contributed by atoms with Crippen LogP contribution in [0.5, 0.6) is 0 Å². The lowest BCUT2D eigenvalue weighted by molar-refractivity contribution is 0.0711. The van der Waals surface area contributed by atoms with E-state index in [9.17, 15) is 5.11 Å². The summed E-state index contributed by atoms with van der Waals surface area (Å²) in [5.41, 5.74) is 0.973. The highest BCUT2D eigenvalue weighted by molar-refractivity contribution is 6.30. The molecule has 1 aromatic rings. The average Bonchev–Trinajstić information content (AvgIpc) is 2.39. The fourth-order valence-electron chi connectivity index (χ4n) is 2.59. The van der Waals surface area contributed by atoms with Gasteiger partial charge in [0.2, 0.25) is 0 Å². The zero-order chi connectivity index (χ0) is 12.3. The molecule has 1 aliphatic heterocycles. The summed E-state index contributed by atoms with van der Waals surface area (Å²) in [7, 11) is 0. The Balaban J connectivity index is 2.02. The summed E-state index contributed by atoms with van der Waals surface area (Å²) >= 11 is 5.85. The SMILES string of the molecule is C[C@@H](C1CCNCC1)[C@H](O)c1ccc(Cl)cc1. The Morgan fingerprint density at radius 1 is 1.24 bits per heavy atom. The van der Waals surface area contributed by atoms with Crippen LogP contribution in [-0.4, -0.2) is 18.2 Å². The van der Waals surface area contributed by atoms with Crippen molar-refractivity contribution in [3.63, 3.8) is 0 Å². The molecule has 94 valence electrons. The number of hydrogen-bond donors (Lipinski definition) is 2. The van der Waals surface area contributed by atoms with Crippen molar-refractivity contribution >= 4 is 11.6 Å². The molecule has 1 fully saturated rings. The summed E-state index contributed by atoms with van der Waals surface area (Å²) < 4.78 is 0. The Hall–Kier alpha value is -0.570. The lowest BCUT2D eigenvalue weighted by Crippen LogP contribution is -2.32. The van der Waals surface area contributed by atoms with Gasteiger partial charge in [-0.3, -0.25) is 0 Å². The number of halogens is 1. The van der Waals surface area contributed by atoms with Crippen LogP contribution >= 0.6 is 11.6 Å². The summed E-state index contributed by atoms with van der Waals surface area (Å²) in [4.78, 5) is 0. The van der Waals surface area contributed by atoms with Gasteiger partial charge in [-0.1, -0.05) is 30.7 Å². The van der Waals surface area contributed by atoms with E-state index in [4.69, 9.17) is 11.6 Å². The normalized spacial score (nSPS) is 21.1. The van der Waals surface area contributed by atoms with Gasteiger partial charge >= 0.3 is 0 Å². The van der Waals surface area contributed by atoms with E-state index < -0.39 is 0 Å². The highest BCUT2D eigenvalue weighted by atomic mass is 35.5. The maximum Gasteiger partial charge on any atom is 0.0818 e. The van der Waals surface area contributed by atoms with Gasteiger partial charge in [0.25, 0.3) is 0 Å². The molecule has 0 aromatic heterocycles. The van der Waals surface area contributed by atoms with Crippen LogP contribution in [0.25, 0.3) is 0 Å². The molecule has 0 bridgehead atoms.